The summed E-state index contributed by atoms with van der Waals surface area (Å²) in [6.45, 7) is 0. The van der Waals surface area contributed by atoms with E-state index in [9.17, 15) is 52.7 Å². The van der Waals surface area contributed by atoms with Gasteiger partial charge in [-0.3, -0.25) is 9.97 Å². The van der Waals surface area contributed by atoms with Crippen LogP contribution >= 0.6 is 0 Å². The number of rotatable bonds is 5. The fourth-order valence-corrected chi connectivity index (χ4v) is 7.04. The normalized spacial score (nSPS) is 12.7. The van der Waals surface area contributed by atoms with Crippen LogP contribution in [0.1, 0.15) is 22.3 Å². The summed E-state index contributed by atoms with van der Waals surface area (Å²) in [5, 5.41) is 0.441. The van der Waals surface area contributed by atoms with Crippen molar-refractivity contribution in [2.45, 2.75) is 24.7 Å². The van der Waals surface area contributed by atoms with Gasteiger partial charge >= 0.3 is 24.7 Å². The zero-order valence-corrected chi connectivity index (χ0v) is 29.7. The highest BCUT2D eigenvalue weighted by atomic mass is 19.4. The van der Waals surface area contributed by atoms with Gasteiger partial charge in [-0.25, -0.2) is 0 Å². The van der Waals surface area contributed by atoms with E-state index in [1.165, 1.54) is 36.4 Å². The molecule has 0 spiro atoms. The molecule has 3 heterocycles. The van der Waals surface area contributed by atoms with Crippen molar-refractivity contribution in [1.29, 1.82) is 0 Å². The van der Waals surface area contributed by atoms with E-state index in [1.807, 2.05) is 6.07 Å². The number of fused-ring (bicyclic) bond motifs is 3. The SMILES string of the molecule is FC(F)(F)c1cc(-c2ccc3c(c2)c2cc(-c4cc(C(F)(F)F)cc(C(F)(F)F)c4)ccc2n3-c2ccccc2-c2cc(-c3ccccn3)ccn2)cc(C(F)(F)F)c1. The standard InChI is InChI=1S/C44H23F12N3/c45-41(46,47)29-15-27(16-30(22-29)42(48,49)50)24-8-10-39-34(19-24)35-20-25(28-17-31(43(51,52)53)23-32(18-28)44(54,55)56)9-11-40(35)59(39)38-7-2-1-5-33(38)37-21-26(12-14-58-37)36-6-3-4-13-57-36/h1-23H. The van der Waals surface area contributed by atoms with Crippen LogP contribution in [-0.4, -0.2) is 14.5 Å². The zero-order chi connectivity index (χ0) is 42.1. The highest BCUT2D eigenvalue weighted by Crippen LogP contribution is 2.44. The molecule has 15 heteroatoms. The minimum Gasteiger partial charge on any atom is -0.309 e. The quantitative estimate of drug-likeness (QED) is 0.162. The van der Waals surface area contributed by atoms with Crippen LogP contribution in [0, 0.1) is 0 Å². The highest BCUT2D eigenvalue weighted by Gasteiger charge is 2.38. The molecule has 0 atom stereocenters. The number of hydrogen-bond acceptors (Lipinski definition) is 2. The molecule has 59 heavy (non-hydrogen) atoms. The van der Waals surface area contributed by atoms with Crippen LogP contribution in [0.4, 0.5) is 52.7 Å². The first-order valence-corrected chi connectivity index (χ1v) is 17.4. The summed E-state index contributed by atoms with van der Waals surface area (Å²) in [6, 6.07) is 26.4. The average Bonchev–Trinajstić information content (AvgIpc) is 3.52. The van der Waals surface area contributed by atoms with Crippen molar-refractivity contribution in [2.75, 3.05) is 0 Å². The average molecular weight is 822 g/mol. The van der Waals surface area contributed by atoms with Gasteiger partial charge in [0.05, 0.1) is 50.4 Å². The summed E-state index contributed by atoms with van der Waals surface area (Å²) in [5.74, 6) is 0. The lowest BCUT2D eigenvalue weighted by Crippen LogP contribution is -2.11. The molecule has 0 N–H and O–H groups in total. The maximum Gasteiger partial charge on any atom is 0.416 e. The Labute approximate surface area is 325 Å². The van der Waals surface area contributed by atoms with E-state index in [0.29, 0.717) is 57.9 Å². The van der Waals surface area contributed by atoms with E-state index in [4.69, 9.17) is 0 Å². The number of benzene rings is 5. The molecule has 5 aromatic carbocycles. The van der Waals surface area contributed by atoms with Gasteiger partial charge < -0.3 is 4.57 Å². The molecular weight excluding hydrogens is 798 g/mol. The summed E-state index contributed by atoms with van der Waals surface area (Å²) >= 11 is 0. The smallest absolute Gasteiger partial charge is 0.309 e. The fraction of sp³-hybridized carbons (Fsp3) is 0.0909. The lowest BCUT2D eigenvalue weighted by atomic mass is 9.96. The summed E-state index contributed by atoms with van der Waals surface area (Å²) in [7, 11) is 0. The predicted molar refractivity (Wildman–Crippen MR) is 198 cm³/mol. The summed E-state index contributed by atoms with van der Waals surface area (Å²) < 4.78 is 168. The Morgan fingerprint density at radius 3 is 1.27 bits per heavy atom. The molecule has 298 valence electrons. The van der Waals surface area contributed by atoms with Gasteiger partial charge in [-0.1, -0.05) is 36.4 Å². The first-order chi connectivity index (χ1) is 27.8. The second-order valence-corrected chi connectivity index (χ2v) is 13.6. The van der Waals surface area contributed by atoms with E-state index in [1.54, 1.807) is 65.5 Å². The Kier molecular flexibility index (Phi) is 9.32. The first kappa shape index (κ1) is 39.2. The lowest BCUT2D eigenvalue weighted by molar-refractivity contribution is -0.144. The van der Waals surface area contributed by atoms with Crippen molar-refractivity contribution in [3.8, 4) is 50.5 Å². The van der Waals surface area contributed by atoms with E-state index >= 15 is 0 Å². The van der Waals surface area contributed by atoms with Gasteiger partial charge in [-0.05, 0) is 113 Å². The van der Waals surface area contributed by atoms with E-state index in [0.717, 1.165) is 5.56 Å². The third-order valence-corrected chi connectivity index (χ3v) is 9.75. The van der Waals surface area contributed by atoms with E-state index < -0.39 is 58.1 Å². The topological polar surface area (TPSA) is 30.7 Å². The van der Waals surface area contributed by atoms with Crippen molar-refractivity contribution in [3.63, 3.8) is 0 Å². The number of nitrogens with zero attached hydrogens (tertiary/aromatic N) is 3. The van der Waals surface area contributed by atoms with Crippen LogP contribution in [0.5, 0.6) is 0 Å². The van der Waals surface area contributed by atoms with E-state index in [-0.39, 0.29) is 34.0 Å². The molecule has 0 aliphatic rings. The second kappa shape index (κ2) is 14.0. The largest absolute Gasteiger partial charge is 0.416 e. The molecule has 3 nitrogen and oxygen atoms in total. The number of pyridine rings is 2. The van der Waals surface area contributed by atoms with Crippen LogP contribution in [0.15, 0.2) is 140 Å². The molecule has 0 saturated carbocycles. The molecule has 0 radical (unpaired) electrons. The monoisotopic (exact) mass is 821 g/mol. The molecule has 0 amide bonds. The van der Waals surface area contributed by atoms with Gasteiger partial charge in [0.15, 0.2) is 0 Å². The third-order valence-electron chi connectivity index (χ3n) is 9.75. The molecule has 0 unspecified atom stereocenters. The van der Waals surface area contributed by atoms with Crippen LogP contribution in [0.3, 0.4) is 0 Å². The molecule has 0 saturated heterocycles. The molecule has 3 aromatic heterocycles. The minimum atomic E-state index is -5.14. The van der Waals surface area contributed by atoms with Crippen LogP contribution in [0.25, 0.3) is 72.3 Å². The fourth-order valence-electron chi connectivity index (χ4n) is 7.04. The van der Waals surface area contributed by atoms with Gasteiger partial charge in [-0.2, -0.15) is 52.7 Å². The first-order valence-electron chi connectivity index (χ1n) is 17.4. The van der Waals surface area contributed by atoms with Crippen molar-refractivity contribution in [1.82, 2.24) is 14.5 Å². The summed E-state index contributed by atoms with van der Waals surface area (Å²) in [6.07, 6.45) is -17.4. The van der Waals surface area contributed by atoms with Gasteiger partial charge in [-0.15, -0.1) is 0 Å². The van der Waals surface area contributed by atoms with Gasteiger partial charge in [0.1, 0.15) is 0 Å². The molecule has 0 aliphatic carbocycles. The van der Waals surface area contributed by atoms with Crippen molar-refractivity contribution in [3.05, 3.63) is 162 Å². The van der Waals surface area contributed by atoms with Gasteiger partial charge in [0, 0.05) is 34.3 Å². The Bertz CT molecular complexity index is 2690. The number of para-hydroxylation sites is 1. The second-order valence-electron chi connectivity index (χ2n) is 13.6. The Balaban J connectivity index is 1.40. The third kappa shape index (κ3) is 7.59. The maximum absolute atomic E-state index is 13.9. The van der Waals surface area contributed by atoms with Gasteiger partial charge in [0.25, 0.3) is 0 Å². The highest BCUT2D eigenvalue weighted by molar-refractivity contribution is 6.12. The molecular formula is C44H23F12N3. The number of hydrogen-bond donors (Lipinski definition) is 0. The van der Waals surface area contributed by atoms with Crippen LogP contribution < -0.4 is 0 Å². The molecule has 0 aliphatic heterocycles. The summed E-state index contributed by atoms with van der Waals surface area (Å²) in [5.41, 5.74) is -3.58. The Morgan fingerprint density at radius 1 is 0.356 bits per heavy atom. The predicted octanol–water partition coefficient (Wildman–Crippen LogP) is 14.3. The molecule has 8 rings (SSSR count). The minimum absolute atomic E-state index is 0.00172. The Morgan fingerprint density at radius 2 is 0.814 bits per heavy atom. The van der Waals surface area contributed by atoms with Crippen molar-refractivity contribution in [2.24, 2.45) is 0 Å². The van der Waals surface area contributed by atoms with Gasteiger partial charge in [0.2, 0.25) is 0 Å². The maximum atomic E-state index is 13.9. The van der Waals surface area contributed by atoms with Crippen molar-refractivity contribution >= 4 is 21.8 Å². The molecule has 8 aromatic rings. The number of alkyl halides is 12. The van der Waals surface area contributed by atoms with Crippen LogP contribution in [-0.2, 0) is 24.7 Å². The number of aromatic nitrogens is 3. The molecule has 0 bridgehead atoms. The zero-order valence-electron chi connectivity index (χ0n) is 29.7. The van der Waals surface area contributed by atoms with Crippen molar-refractivity contribution < 1.29 is 52.7 Å². The number of halogens is 12. The lowest BCUT2D eigenvalue weighted by Gasteiger charge is -2.15. The molecule has 0 fully saturated rings. The Hall–Kier alpha value is -6.64. The summed E-state index contributed by atoms with van der Waals surface area (Å²) in [4.78, 5) is 8.97. The van der Waals surface area contributed by atoms with Crippen LogP contribution in [0.2, 0.25) is 0 Å². The van der Waals surface area contributed by atoms with E-state index in [2.05, 4.69) is 9.97 Å².